The van der Waals surface area contributed by atoms with Crippen molar-refractivity contribution < 1.29 is 94.7 Å². The van der Waals surface area contributed by atoms with Crippen LogP contribution >= 0.6 is 11.6 Å². The molecule has 4 heterocycles. The molecule has 4 aliphatic rings. The highest BCUT2D eigenvalue weighted by Crippen LogP contribution is 2.41. The lowest BCUT2D eigenvalue weighted by Gasteiger charge is -2.53. The molecule has 4 fully saturated rings. The van der Waals surface area contributed by atoms with E-state index in [1.807, 2.05) is 118 Å². The summed E-state index contributed by atoms with van der Waals surface area (Å²) in [5, 5.41) is 116. The number of hydrogen-bond acceptors (Lipinski definition) is 26. The fraction of sp³-hybridized carbons (Fsp3) is 0.765. The highest BCUT2D eigenvalue weighted by atomic mass is 35.5. The van der Waals surface area contributed by atoms with Crippen LogP contribution in [0.2, 0.25) is 0 Å². The Hall–Kier alpha value is -3.95. The molecule has 1 atom stereocenters. The van der Waals surface area contributed by atoms with Crippen LogP contribution in [0.4, 0.5) is 0 Å². The first-order valence-corrected chi connectivity index (χ1v) is 33.0. The Morgan fingerprint density at radius 2 is 0.768 bits per heavy atom. The van der Waals surface area contributed by atoms with Crippen molar-refractivity contribution in [3.63, 3.8) is 0 Å². The molecule has 0 spiro atoms. The number of aliphatic hydroxyl groups excluding tert-OH is 12. The van der Waals surface area contributed by atoms with Crippen molar-refractivity contribution in [3.05, 3.63) is 71.8 Å². The van der Waals surface area contributed by atoms with Gasteiger partial charge in [0.1, 0.15) is 22.6 Å². The van der Waals surface area contributed by atoms with Crippen molar-refractivity contribution in [3.8, 4) is 0 Å². The van der Waals surface area contributed by atoms with E-state index >= 15 is 0 Å². The number of ether oxygens (including phenoxy) is 3. The van der Waals surface area contributed by atoms with E-state index in [9.17, 15) is 75.3 Å². The van der Waals surface area contributed by atoms with Gasteiger partial charge in [-0.15, -0.1) is 11.6 Å². The maximum Gasteiger partial charge on any atom is 0.320 e. The van der Waals surface area contributed by atoms with Crippen LogP contribution in [0.25, 0.3) is 0 Å². The zero-order valence-electron chi connectivity index (χ0n) is 57.7. The molecule has 0 aromatic heterocycles. The van der Waals surface area contributed by atoms with E-state index in [-0.39, 0.29) is 77.0 Å². The second kappa shape index (κ2) is 43.6. The molecule has 0 saturated carbocycles. The second-order valence-electron chi connectivity index (χ2n) is 28.3. The van der Waals surface area contributed by atoms with E-state index < -0.39 is 110 Å². The molecule has 6 rings (SSSR count). The lowest BCUT2D eigenvalue weighted by molar-refractivity contribution is -0.194. The molecule has 26 nitrogen and oxygen atoms in total. The van der Waals surface area contributed by atoms with E-state index in [2.05, 4.69) is 39.4 Å². The molecular formula is C68H122ClN7O19. The number of ketones is 1. The number of halogens is 1. The maximum absolute atomic E-state index is 12.7. The Labute approximate surface area is 570 Å². The topological polar surface area (TPSA) is 370 Å². The lowest BCUT2D eigenvalue weighted by Crippen LogP contribution is -2.67. The van der Waals surface area contributed by atoms with E-state index in [4.69, 9.17) is 30.9 Å². The summed E-state index contributed by atoms with van der Waals surface area (Å²) in [6, 6.07) is 20.1. The molecule has 95 heavy (non-hydrogen) atoms. The SMILES string of the molecule is C.CC(C)(C)OC(=O)CN1CCN(CC(=O)OC(C)(C)C)CCN(CC(O)CCl)CCN(CC(=O)OC(C)(C)C)CC1.CO.O=C1CCN(Cc2ccccc2)CC1.OCC1(CO)CN(Cc2ccccc2)CC(CO)(CO)C1O.OCC1(CO)CNCC(CO)(CO)C1O. The van der Waals surface area contributed by atoms with E-state index in [0.717, 1.165) is 45.1 Å². The summed E-state index contributed by atoms with van der Waals surface area (Å²) in [5.74, 6) is -0.449. The largest absolute Gasteiger partial charge is 0.459 e. The smallest absolute Gasteiger partial charge is 0.320 e. The molecule has 13 N–H and O–H groups in total. The first kappa shape index (κ1) is 89.1. The number of alkyl halides is 1. The van der Waals surface area contributed by atoms with Gasteiger partial charge in [0.25, 0.3) is 0 Å². The molecule has 2 aromatic carbocycles. The van der Waals surface area contributed by atoms with E-state index in [1.54, 1.807) is 0 Å². The number of β-amino-alcohol motifs (C(OH)–C–C–N with tert-alkyl or cyclic N) is 1. The molecular weight excluding hydrogens is 1250 g/mol. The number of nitrogens with one attached hydrogen (secondary N) is 1. The molecule has 0 amide bonds. The van der Waals surface area contributed by atoms with Crippen LogP contribution in [-0.2, 0) is 46.5 Å². The van der Waals surface area contributed by atoms with Gasteiger partial charge in [-0.3, -0.25) is 48.6 Å². The first-order chi connectivity index (χ1) is 44.2. The minimum absolute atomic E-state index is 0. The first-order valence-electron chi connectivity index (χ1n) is 32.5. The molecule has 1 unspecified atom stereocenters. The van der Waals surface area contributed by atoms with Gasteiger partial charge >= 0.3 is 17.9 Å². The van der Waals surface area contributed by atoms with Gasteiger partial charge in [-0.1, -0.05) is 68.1 Å². The van der Waals surface area contributed by atoms with Gasteiger partial charge in [-0.25, -0.2) is 0 Å². The number of carbonyl (C=O) groups excluding carboxylic acids is 4. The fourth-order valence-electron chi connectivity index (χ4n) is 11.5. The number of aliphatic hydroxyl groups is 12. The number of benzene rings is 2. The molecule has 27 heteroatoms. The summed E-state index contributed by atoms with van der Waals surface area (Å²) in [6.07, 6.45) is -1.57. The third-order valence-corrected chi connectivity index (χ3v) is 17.0. The number of nitrogens with zero attached hydrogens (tertiary/aromatic N) is 6. The summed E-state index contributed by atoms with van der Waals surface area (Å²) >= 11 is 5.90. The third-order valence-electron chi connectivity index (χ3n) is 16.7. The number of Topliss-reactive ketones (excluding diaryl/α,β-unsaturated/α-hetero) is 1. The molecule has 550 valence electrons. The van der Waals surface area contributed by atoms with Gasteiger partial charge in [0.05, 0.1) is 112 Å². The van der Waals surface area contributed by atoms with E-state index in [1.165, 1.54) is 5.56 Å². The van der Waals surface area contributed by atoms with Gasteiger partial charge in [-0.2, -0.15) is 0 Å². The Kier molecular flexibility index (Phi) is 40.8. The molecule has 0 aliphatic carbocycles. The Balaban J connectivity index is 0.000000692. The number of hydrogen-bond donors (Lipinski definition) is 13. The van der Waals surface area contributed by atoms with Crippen LogP contribution in [0.1, 0.15) is 93.7 Å². The van der Waals surface area contributed by atoms with Gasteiger partial charge in [0, 0.05) is 137 Å². The van der Waals surface area contributed by atoms with Crippen LogP contribution < -0.4 is 5.32 Å². The lowest BCUT2D eigenvalue weighted by atomic mass is 9.65. The predicted octanol–water partition coefficient (Wildman–Crippen LogP) is -0.374. The molecule has 4 aliphatic heterocycles. The monoisotopic (exact) mass is 1380 g/mol. The average molecular weight is 1380 g/mol. The number of likely N-dealkylation sites (tertiary alicyclic amines) is 2. The summed E-state index contributed by atoms with van der Waals surface area (Å²) < 4.78 is 16.7. The Bertz CT molecular complexity index is 2330. The minimum Gasteiger partial charge on any atom is -0.459 e. The Morgan fingerprint density at radius 3 is 1.05 bits per heavy atom. The zero-order valence-corrected chi connectivity index (χ0v) is 58.5. The van der Waals surface area contributed by atoms with Gasteiger partial charge in [-0.05, 0) is 73.4 Å². The van der Waals surface area contributed by atoms with Crippen molar-refractivity contribution in [2.75, 3.05) is 184 Å². The summed E-state index contributed by atoms with van der Waals surface area (Å²) in [5.41, 5.74) is -3.97. The Morgan fingerprint density at radius 1 is 0.484 bits per heavy atom. The molecule has 0 bridgehead atoms. The summed E-state index contributed by atoms with van der Waals surface area (Å²) in [7, 11) is 1.00. The van der Waals surface area contributed by atoms with Gasteiger partial charge < -0.3 is 80.8 Å². The van der Waals surface area contributed by atoms with Crippen LogP contribution in [-0.4, -0.2) is 333 Å². The zero-order chi connectivity index (χ0) is 71.0. The second-order valence-corrected chi connectivity index (χ2v) is 28.6. The van der Waals surface area contributed by atoms with Crippen LogP contribution in [0.15, 0.2) is 60.7 Å². The number of rotatable bonds is 21. The van der Waals surface area contributed by atoms with Crippen LogP contribution in [0, 0.1) is 21.7 Å². The van der Waals surface area contributed by atoms with Crippen molar-refractivity contribution in [2.45, 2.75) is 131 Å². The average Bonchev–Trinajstić information content (AvgIpc) is 0.764. The third kappa shape index (κ3) is 31.4. The van der Waals surface area contributed by atoms with Crippen molar-refractivity contribution in [1.29, 1.82) is 0 Å². The van der Waals surface area contributed by atoms with Crippen molar-refractivity contribution in [2.24, 2.45) is 21.7 Å². The predicted molar refractivity (Wildman–Crippen MR) is 364 cm³/mol. The fourth-order valence-corrected chi connectivity index (χ4v) is 11.6. The molecule has 0 radical (unpaired) electrons. The van der Waals surface area contributed by atoms with Crippen LogP contribution in [0.5, 0.6) is 0 Å². The molecule has 2 aromatic rings. The van der Waals surface area contributed by atoms with Gasteiger partial charge in [0.2, 0.25) is 0 Å². The maximum atomic E-state index is 12.7. The van der Waals surface area contributed by atoms with Crippen LogP contribution in [0.3, 0.4) is 0 Å². The summed E-state index contributed by atoms with van der Waals surface area (Å²) in [4.78, 5) is 61.6. The quantitative estimate of drug-likeness (QED) is 0.0431. The number of esters is 3. The van der Waals surface area contributed by atoms with Crippen molar-refractivity contribution in [1.82, 2.24) is 34.7 Å². The number of piperidine rings is 3. The highest BCUT2D eigenvalue weighted by Gasteiger charge is 2.55. The van der Waals surface area contributed by atoms with Gasteiger partial charge in [0.15, 0.2) is 0 Å². The normalized spacial score (nSPS) is 20.1. The van der Waals surface area contributed by atoms with E-state index in [0.29, 0.717) is 71.2 Å². The standard InChI is InChI=1S/C29H55ClN4O7.C16H25NO5.C12H15NO.C9H19NO5.CH4O.CH4/c1-27(2,3)39-24(36)20-32-12-10-31(19-23(35)18-30)11-13-33(21-25(37)40-28(4,5)6)15-17-34(16-14-32)22-26(38)41-29(7,8)9;18-9-15(10-19)7-17(6-13-4-2-1-3-5-13)8-16(11-20,12-21)14(15)22;14-12-6-8-13(9-7-12)10-11-4-2-1-3-5-11;11-3-8(4-12)1-10-2-9(5-13,6-14)7(8)15;1-2;/h23,35H,10-22H2,1-9H3;1-5,14,18-22H,6-12H2;1-5H,6-10H2;7,10-15H,1-6H2;2H,1H3;1H4. The minimum atomic E-state index is -1.18. The van der Waals surface area contributed by atoms with Crippen molar-refractivity contribution >= 4 is 35.3 Å². The molecule has 4 saturated heterocycles. The summed E-state index contributed by atoms with van der Waals surface area (Å²) in [6.45, 7) is 22.6. The number of carbonyl (C=O) groups is 4. The highest BCUT2D eigenvalue weighted by molar-refractivity contribution is 6.18.